The molecule has 0 spiro atoms. The van der Waals surface area contributed by atoms with Gasteiger partial charge in [-0.1, -0.05) is 6.92 Å². The highest BCUT2D eigenvalue weighted by Gasteiger charge is 2.19. The van der Waals surface area contributed by atoms with E-state index >= 15 is 0 Å². The number of hydrogen-bond donors (Lipinski definition) is 0. The van der Waals surface area contributed by atoms with E-state index in [-0.39, 0.29) is 11.8 Å². The molecule has 0 fully saturated rings. The topological polar surface area (TPSA) is 38.1 Å². The molecule has 7 heteroatoms. The molecule has 0 aliphatic heterocycles. The van der Waals surface area contributed by atoms with E-state index in [1.165, 1.54) is 0 Å². The molecule has 1 rings (SSSR count). The van der Waals surface area contributed by atoms with Crippen molar-refractivity contribution in [3.63, 3.8) is 0 Å². The van der Waals surface area contributed by atoms with E-state index in [1.54, 1.807) is 23.7 Å². The summed E-state index contributed by atoms with van der Waals surface area (Å²) in [6.45, 7) is 2.43. The zero-order chi connectivity index (χ0) is 12.5. The minimum Gasteiger partial charge on any atom is -0.349 e. The molecule has 0 bridgehead atoms. The van der Waals surface area contributed by atoms with Crippen molar-refractivity contribution < 1.29 is 4.79 Å². The number of rotatable bonds is 3. The lowest BCUT2D eigenvalue weighted by Gasteiger charge is -2.16. The second-order valence-corrected chi connectivity index (χ2v) is 6.01. The highest BCUT2D eigenvalue weighted by Crippen LogP contribution is 2.30. The molecule has 0 radical (unpaired) electrons. The Morgan fingerprint density at radius 3 is 2.38 bits per heavy atom. The first-order chi connectivity index (χ1) is 7.34. The van der Waals surface area contributed by atoms with Crippen LogP contribution in [0.3, 0.4) is 0 Å². The van der Waals surface area contributed by atoms with Gasteiger partial charge in [-0.2, -0.15) is 5.10 Å². The van der Waals surface area contributed by atoms with Crippen LogP contribution >= 0.6 is 47.8 Å². The normalized spacial score (nSPS) is 12.6. The van der Waals surface area contributed by atoms with Crippen LogP contribution in [0.2, 0.25) is 0 Å². The van der Waals surface area contributed by atoms with E-state index in [2.05, 4.69) is 52.9 Å². The van der Waals surface area contributed by atoms with Gasteiger partial charge in [-0.25, -0.2) is 0 Å². The first-order valence-electron chi connectivity index (χ1n) is 4.63. The highest BCUT2D eigenvalue weighted by molar-refractivity contribution is 9.14. The SMILES string of the molecule is CC(Cn1nc(Br)c(Br)c1Br)C(=O)N(C)C. The second-order valence-electron chi connectivity index (χ2n) is 3.71. The minimum atomic E-state index is -0.106. The summed E-state index contributed by atoms with van der Waals surface area (Å²) in [4.78, 5) is 13.3. The van der Waals surface area contributed by atoms with Crippen molar-refractivity contribution in [3.8, 4) is 0 Å². The number of halogens is 3. The quantitative estimate of drug-likeness (QED) is 0.758. The lowest BCUT2D eigenvalue weighted by molar-refractivity contribution is -0.132. The number of hydrogen-bond acceptors (Lipinski definition) is 2. The van der Waals surface area contributed by atoms with Gasteiger partial charge >= 0.3 is 0 Å². The fourth-order valence-electron chi connectivity index (χ4n) is 1.29. The summed E-state index contributed by atoms with van der Waals surface area (Å²) < 4.78 is 4.17. The summed E-state index contributed by atoms with van der Waals surface area (Å²) in [5, 5.41) is 4.26. The van der Waals surface area contributed by atoms with Crippen molar-refractivity contribution in [2.45, 2.75) is 13.5 Å². The second kappa shape index (κ2) is 5.64. The van der Waals surface area contributed by atoms with Crippen LogP contribution in [-0.2, 0) is 11.3 Å². The summed E-state index contributed by atoms with van der Waals surface area (Å²) in [6, 6.07) is 0. The van der Waals surface area contributed by atoms with Crippen molar-refractivity contribution in [1.82, 2.24) is 14.7 Å². The van der Waals surface area contributed by atoms with Crippen molar-refractivity contribution >= 4 is 53.7 Å². The maximum atomic E-state index is 11.7. The van der Waals surface area contributed by atoms with E-state index in [1.807, 2.05) is 6.92 Å². The molecule has 0 saturated carbocycles. The molecule has 1 aromatic rings. The number of aromatic nitrogens is 2. The highest BCUT2D eigenvalue weighted by atomic mass is 79.9. The number of nitrogens with zero attached hydrogens (tertiary/aromatic N) is 3. The minimum absolute atomic E-state index is 0.0923. The van der Waals surface area contributed by atoms with Crippen LogP contribution in [0.5, 0.6) is 0 Å². The third-order valence-electron chi connectivity index (χ3n) is 2.11. The molecule has 0 saturated heterocycles. The fourth-order valence-corrected chi connectivity index (χ4v) is 2.63. The molecular formula is C9H12Br3N3O. The molecule has 0 N–H and O–H groups in total. The van der Waals surface area contributed by atoms with Gasteiger partial charge in [0.05, 0.1) is 16.9 Å². The third kappa shape index (κ3) is 3.07. The Morgan fingerprint density at radius 2 is 2.00 bits per heavy atom. The van der Waals surface area contributed by atoms with Crippen molar-refractivity contribution in [2.75, 3.05) is 14.1 Å². The van der Waals surface area contributed by atoms with Crippen LogP contribution in [-0.4, -0.2) is 34.7 Å². The van der Waals surface area contributed by atoms with E-state index in [9.17, 15) is 4.79 Å². The Labute approximate surface area is 120 Å². The first-order valence-corrected chi connectivity index (χ1v) is 7.01. The van der Waals surface area contributed by atoms with Crippen LogP contribution in [0, 0.1) is 5.92 Å². The van der Waals surface area contributed by atoms with Crippen molar-refractivity contribution in [1.29, 1.82) is 0 Å². The molecule has 1 aromatic heterocycles. The van der Waals surface area contributed by atoms with Crippen molar-refractivity contribution in [3.05, 3.63) is 13.7 Å². The fraction of sp³-hybridized carbons (Fsp3) is 0.556. The van der Waals surface area contributed by atoms with Crippen LogP contribution in [0.4, 0.5) is 0 Å². The average molecular weight is 418 g/mol. The van der Waals surface area contributed by atoms with Crippen LogP contribution in [0.1, 0.15) is 6.92 Å². The summed E-state index contributed by atoms with van der Waals surface area (Å²) in [7, 11) is 3.51. The summed E-state index contributed by atoms with van der Waals surface area (Å²) in [5.41, 5.74) is 0. The maximum Gasteiger partial charge on any atom is 0.226 e. The zero-order valence-corrected chi connectivity index (χ0v) is 13.9. The van der Waals surface area contributed by atoms with Gasteiger partial charge in [0.25, 0.3) is 0 Å². The number of amides is 1. The van der Waals surface area contributed by atoms with Gasteiger partial charge in [-0.3, -0.25) is 9.48 Å². The van der Waals surface area contributed by atoms with Crippen LogP contribution in [0.15, 0.2) is 13.7 Å². The van der Waals surface area contributed by atoms with Gasteiger partial charge in [0.2, 0.25) is 5.91 Å². The molecule has 1 amide bonds. The summed E-state index contributed by atoms with van der Waals surface area (Å²) in [6.07, 6.45) is 0. The Bertz CT molecular complexity index is 403. The largest absolute Gasteiger partial charge is 0.349 e. The Morgan fingerprint density at radius 1 is 1.44 bits per heavy atom. The number of carbonyl (C=O) groups is 1. The zero-order valence-electron chi connectivity index (χ0n) is 9.17. The van der Waals surface area contributed by atoms with Gasteiger partial charge < -0.3 is 4.90 Å². The first kappa shape index (κ1) is 14.2. The van der Waals surface area contributed by atoms with Gasteiger partial charge in [0.15, 0.2) is 0 Å². The molecule has 90 valence electrons. The average Bonchev–Trinajstić information content (AvgIpc) is 2.45. The molecule has 0 aliphatic rings. The lowest BCUT2D eigenvalue weighted by atomic mass is 10.1. The Balaban J connectivity index is 2.81. The van der Waals surface area contributed by atoms with E-state index < -0.39 is 0 Å². The number of carbonyl (C=O) groups excluding carboxylic acids is 1. The predicted molar refractivity (Wildman–Crippen MR) is 73.2 cm³/mol. The summed E-state index contributed by atoms with van der Waals surface area (Å²) >= 11 is 10.1. The molecule has 4 nitrogen and oxygen atoms in total. The van der Waals surface area contributed by atoms with E-state index in [0.717, 1.165) is 13.7 Å². The Kier molecular flexibility index (Phi) is 5.00. The molecule has 1 unspecified atom stereocenters. The van der Waals surface area contributed by atoms with E-state index in [0.29, 0.717) is 6.54 Å². The van der Waals surface area contributed by atoms with Gasteiger partial charge in [0, 0.05) is 14.1 Å². The van der Waals surface area contributed by atoms with Crippen LogP contribution in [0.25, 0.3) is 0 Å². The molecule has 1 atom stereocenters. The maximum absolute atomic E-state index is 11.7. The molecule has 0 aromatic carbocycles. The summed E-state index contributed by atoms with van der Waals surface area (Å²) in [5.74, 6) is -0.0142. The lowest BCUT2D eigenvalue weighted by Crippen LogP contribution is -2.30. The van der Waals surface area contributed by atoms with Gasteiger partial charge in [-0.15, -0.1) is 0 Å². The molecule has 1 heterocycles. The molecule has 0 aliphatic carbocycles. The van der Waals surface area contributed by atoms with Crippen molar-refractivity contribution in [2.24, 2.45) is 5.92 Å². The smallest absolute Gasteiger partial charge is 0.226 e. The molecule has 16 heavy (non-hydrogen) atoms. The van der Waals surface area contributed by atoms with Crippen LogP contribution < -0.4 is 0 Å². The van der Waals surface area contributed by atoms with Gasteiger partial charge in [0.1, 0.15) is 9.21 Å². The van der Waals surface area contributed by atoms with Gasteiger partial charge in [-0.05, 0) is 47.8 Å². The molecular weight excluding hydrogens is 406 g/mol. The Hall–Kier alpha value is 0.120. The predicted octanol–water partition coefficient (Wildman–Crippen LogP) is 2.89. The monoisotopic (exact) mass is 415 g/mol. The van der Waals surface area contributed by atoms with E-state index in [4.69, 9.17) is 0 Å². The standard InChI is InChI=1S/C9H12Br3N3O/c1-5(9(16)14(2)3)4-15-8(12)6(10)7(11)13-15/h5H,4H2,1-3H3. The third-order valence-corrected chi connectivity index (χ3v) is 5.28.